The monoisotopic (exact) mass is 350 g/mol. The minimum atomic E-state index is -0.784. The van der Waals surface area contributed by atoms with Crippen molar-refractivity contribution in [2.24, 2.45) is 28.9 Å². The van der Waals surface area contributed by atoms with E-state index in [1.807, 2.05) is 0 Å². The first-order chi connectivity index (χ1) is 12.1. The van der Waals surface area contributed by atoms with Crippen LogP contribution in [0.3, 0.4) is 0 Å². The Balaban J connectivity index is 1.96. The molecule has 0 bridgehead atoms. The molecule has 4 amide bonds. The lowest BCUT2D eigenvalue weighted by molar-refractivity contribution is -0.141. The van der Waals surface area contributed by atoms with Gasteiger partial charge in [0, 0.05) is 39.3 Å². The molecule has 3 unspecified atom stereocenters. The Bertz CT molecular complexity index is 490. The van der Waals surface area contributed by atoms with E-state index in [1.165, 1.54) is 0 Å². The molecule has 3 saturated heterocycles. The van der Waals surface area contributed by atoms with Gasteiger partial charge in [-0.3, -0.25) is 19.2 Å². The molecule has 0 aromatic carbocycles. The summed E-state index contributed by atoms with van der Waals surface area (Å²) in [5, 5.41) is 0. The van der Waals surface area contributed by atoms with Crippen LogP contribution in [0.1, 0.15) is 19.3 Å². The lowest BCUT2D eigenvalue weighted by Gasteiger charge is -2.45. The summed E-state index contributed by atoms with van der Waals surface area (Å²) in [5.74, 6) is -0.420. The molecule has 3 aliphatic heterocycles. The smallest absolute Gasteiger partial charge is 0.224 e. The van der Waals surface area contributed by atoms with Crippen LogP contribution in [-0.2, 0) is 19.2 Å². The van der Waals surface area contributed by atoms with Gasteiger partial charge in [-0.1, -0.05) is 0 Å². The second kappa shape index (κ2) is 7.01. The van der Waals surface area contributed by atoms with Crippen LogP contribution in [0.25, 0.3) is 0 Å². The summed E-state index contributed by atoms with van der Waals surface area (Å²) in [6.45, 7) is 3.41. The van der Waals surface area contributed by atoms with E-state index >= 15 is 0 Å². The van der Waals surface area contributed by atoms with Gasteiger partial charge < -0.3 is 20.4 Å². The maximum absolute atomic E-state index is 12.9. The Labute approximate surface area is 147 Å². The Morgan fingerprint density at radius 2 is 1.08 bits per heavy atom. The molecule has 0 aromatic heterocycles. The Kier molecular flexibility index (Phi) is 4.96. The standard InChI is InChI=1S/C17H26N4O4/c18-16(25)17(13-1-4-19(7-13)10-22,14-2-5-20(8-14)11-23)15-3-6-21(9-15)12-24/h10-15H,1-9H2,(H2,18,25). The number of nitrogens with zero attached hydrogens (tertiary/aromatic N) is 3. The predicted octanol–water partition coefficient (Wildman–Crippen LogP) is -1.11. The van der Waals surface area contributed by atoms with E-state index in [1.54, 1.807) is 14.7 Å². The molecule has 3 rings (SSSR count). The van der Waals surface area contributed by atoms with Gasteiger partial charge in [-0.05, 0) is 37.0 Å². The topological polar surface area (TPSA) is 104 Å². The molecule has 8 nitrogen and oxygen atoms in total. The molecule has 3 atom stereocenters. The molecular formula is C17H26N4O4. The minimum absolute atomic E-state index is 0.0246. The van der Waals surface area contributed by atoms with Crippen LogP contribution in [0.5, 0.6) is 0 Å². The SMILES string of the molecule is NC(=O)C(C1CCN(C=O)C1)(C1CCN(C=O)C1)C1CCN(C=O)C1. The van der Waals surface area contributed by atoms with Gasteiger partial charge in [-0.25, -0.2) is 0 Å². The summed E-state index contributed by atoms with van der Waals surface area (Å²) in [5.41, 5.74) is 5.23. The average Bonchev–Trinajstić information content (AvgIpc) is 3.36. The predicted molar refractivity (Wildman–Crippen MR) is 88.9 cm³/mol. The largest absolute Gasteiger partial charge is 0.369 e. The third-order valence-electron chi connectivity index (χ3n) is 6.56. The summed E-state index contributed by atoms with van der Waals surface area (Å²) in [7, 11) is 0. The van der Waals surface area contributed by atoms with Gasteiger partial charge in [0.05, 0.1) is 5.41 Å². The Morgan fingerprint density at radius 3 is 1.28 bits per heavy atom. The highest BCUT2D eigenvalue weighted by atomic mass is 16.2. The van der Waals surface area contributed by atoms with E-state index in [4.69, 9.17) is 5.73 Å². The van der Waals surface area contributed by atoms with Crippen molar-refractivity contribution in [3.63, 3.8) is 0 Å². The normalized spacial score (nSPS) is 31.8. The minimum Gasteiger partial charge on any atom is -0.369 e. The van der Waals surface area contributed by atoms with E-state index in [9.17, 15) is 19.2 Å². The van der Waals surface area contributed by atoms with Crippen molar-refractivity contribution < 1.29 is 19.2 Å². The van der Waals surface area contributed by atoms with Gasteiger partial charge in [0.1, 0.15) is 0 Å². The summed E-state index contributed by atoms with van der Waals surface area (Å²) in [6, 6.07) is 0. The van der Waals surface area contributed by atoms with Gasteiger partial charge >= 0.3 is 0 Å². The van der Waals surface area contributed by atoms with Gasteiger partial charge in [-0.2, -0.15) is 0 Å². The van der Waals surface area contributed by atoms with Gasteiger partial charge in [-0.15, -0.1) is 0 Å². The van der Waals surface area contributed by atoms with Crippen molar-refractivity contribution in [3.8, 4) is 0 Å². The van der Waals surface area contributed by atoms with Crippen LogP contribution in [0.15, 0.2) is 0 Å². The highest BCUT2D eigenvalue weighted by Gasteiger charge is 2.58. The second-order valence-electron chi connectivity index (χ2n) is 7.56. The van der Waals surface area contributed by atoms with Crippen molar-refractivity contribution in [2.75, 3.05) is 39.3 Å². The number of carbonyl (C=O) groups excluding carboxylic acids is 4. The first-order valence-electron chi connectivity index (χ1n) is 8.94. The molecule has 0 aromatic rings. The van der Waals surface area contributed by atoms with E-state index < -0.39 is 5.41 Å². The van der Waals surface area contributed by atoms with Crippen molar-refractivity contribution in [3.05, 3.63) is 0 Å². The van der Waals surface area contributed by atoms with Crippen LogP contribution in [-0.4, -0.2) is 79.1 Å². The maximum atomic E-state index is 12.9. The Hall–Kier alpha value is -2.12. The van der Waals surface area contributed by atoms with Crippen LogP contribution < -0.4 is 5.73 Å². The number of carbonyl (C=O) groups is 4. The molecule has 3 fully saturated rings. The van der Waals surface area contributed by atoms with E-state index in [0.29, 0.717) is 39.3 Å². The zero-order valence-corrected chi connectivity index (χ0v) is 14.4. The molecular weight excluding hydrogens is 324 g/mol. The molecule has 8 heteroatoms. The summed E-state index contributed by atoms with van der Waals surface area (Å²) >= 11 is 0. The first-order valence-corrected chi connectivity index (χ1v) is 8.94. The maximum Gasteiger partial charge on any atom is 0.224 e. The van der Waals surface area contributed by atoms with Crippen molar-refractivity contribution >= 4 is 25.1 Å². The lowest BCUT2D eigenvalue weighted by atomic mass is 9.57. The van der Waals surface area contributed by atoms with Gasteiger partial charge in [0.15, 0.2) is 0 Å². The number of hydrogen-bond acceptors (Lipinski definition) is 4. The van der Waals surface area contributed by atoms with Crippen molar-refractivity contribution in [1.82, 2.24) is 14.7 Å². The molecule has 0 saturated carbocycles. The fourth-order valence-corrected chi connectivity index (χ4v) is 5.42. The number of nitrogens with two attached hydrogens (primary N) is 1. The third-order valence-corrected chi connectivity index (χ3v) is 6.56. The molecule has 3 aliphatic rings. The molecule has 0 radical (unpaired) electrons. The second-order valence-corrected chi connectivity index (χ2v) is 7.56. The molecule has 2 N–H and O–H groups in total. The van der Waals surface area contributed by atoms with Crippen LogP contribution in [0.4, 0.5) is 0 Å². The summed E-state index contributed by atoms with van der Waals surface area (Å²) in [4.78, 5) is 51.5. The van der Waals surface area contributed by atoms with E-state index in [2.05, 4.69) is 0 Å². The van der Waals surface area contributed by atoms with Gasteiger partial charge in [0.25, 0.3) is 0 Å². The highest BCUT2D eigenvalue weighted by molar-refractivity contribution is 5.82. The molecule has 3 heterocycles. The van der Waals surface area contributed by atoms with E-state index in [0.717, 1.165) is 38.5 Å². The molecule has 138 valence electrons. The number of hydrogen-bond donors (Lipinski definition) is 1. The quantitative estimate of drug-likeness (QED) is 0.588. The fraction of sp³-hybridized carbons (Fsp3) is 0.765. The average molecular weight is 350 g/mol. The number of primary amides is 1. The highest BCUT2D eigenvalue weighted by Crippen LogP contribution is 2.52. The fourth-order valence-electron chi connectivity index (χ4n) is 5.42. The van der Waals surface area contributed by atoms with Crippen molar-refractivity contribution in [2.45, 2.75) is 19.3 Å². The zero-order valence-electron chi connectivity index (χ0n) is 14.4. The Morgan fingerprint density at radius 1 is 0.760 bits per heavy atom. The third kappa shape index (κ3) is 2.87. The molecule has 0 aliphatic carbocycles. The zero-order chi connectivity index (χ0) is 18.0. The number of amides is 4. The van der Waals surface area contributed by atoms with E-state index in [-0.39, 0.29) is 23.7 Å². The van der Waals surface area contributed by atoms with Crippen molar-refractivity contribution in [1.29, 1.82) is 0 Å². The number of rotatable bonds is 7. The molecule has 0 spiro atoms. The summed E-state index contributed by atoms with van der Waals surface area (Å²) < 4.78 is 0. The lowest BCUT2D eigenvalue weighted by Crippen LogP contribution is -2.55. The van der Waals surface area contributed by atoms with Gasteiger partial charge in [0.2, 0.25) is 25.1 Å². The number of likely N-dealkylation sites (tertiary alicyclic amines) is 3. The van der Waals surface area contributed by atoms with Crippen LogP contribution >= 0.6 is 0 Å². The molecule has 25 heavy (non-hydrogen) atoms. The summed E-state index contributed by atoms with van der Waals surface area (Å²) in [6.07, 6.45) is 4.67. The first kappa shape index (κ1) is 17.7. The van der Waals surface area contributed by atoms with Crippen LogP contribution in [0.2, 0.25) is 0 Å². The van der Waals surface area contributed by atoms with Crippen LogP contribution in [0, 0.1) is 23.2 Å².